The maximum atomic E-state index is 14.0. The van der Waals surface area contributed by atoms with Crippen LogP contribution in [-0.2, 0) is 12.8 Å². The number of nitrogens with zero attached hydrogens (tertiary/aromatic N) is 2. The molecule has 0 spiro atoms. The Bertz CT molecular complexity index is 1540. The molecule has 0 aliphatic heterocycles. The Kier molecular flexibility index (Phi) is 10.5. The fourth-order valence-electron chi connectivity index (χ4n) is 5.33. The Morgan fingerprint density at radius 2 is 1.40 bits per heavy atom. The number of benzene rings is 1. The molecule has 3 aromatic heterocycles. The SMILES string of the molecule is CCCCc1cc2ccccn2c1C(=O)c1ccc(CCCCN(CCCC)CCCC)c2oc(=O)c(=O)oc12. The molecule has 0 amide bonds. The van der Waals surface area contributed by atoms with Crippen LogP contribution in [-0.4, -0.2) is 34.7 Å². The van der Waals surface area contributed by atoms with Crippen molar-refractivity contribution in [3.8, 4) is 0 Å². The van der Waals surface area contributed by atoms with Crippen molar-refractivity contribution in [3.63, 3.8) is 0 Å². The third-order valence-corrected chi connectivity index (χ3v) is 7.59. The number of aryl methyl sites for hydroxylation is 2. The molecule has 0 N–H and O–H groups in total. The molecule has 0 saturated carbocycles. The van der Waals surface area contributed by atoms with Crippen molar-refractivity contribution in [2.24, 2.45) is 0 Å². The zero-order valence-corrected chi connectivity index (χ0v) is 24.2. The molecule has 7 nitrogen and oxygen atoms in total. The van der Waals surface area contributed by atoms with Crippen LogP contribution in [0.3, 0.4) is 0 Å². The van der Waals surface area contributed by atoms with E-state index in [1.165, 1.54) is 25.7 Å². The third-order valence-electron chi connectivity index (χ3n) is 7.59. The van der Waals surface area contributed by atoms with Gasteiger partial charge in [-0.2, -0.15) is 0 Å². The lowest BCUT2D eigenvalue weighted by atomic mass is 9.98. The predicted octanol–water partition coefficient (Wildman–Crippen LogP) is 6.80. The highest BCUT2D eigenvalue weighted by molar-refractivity contribution is 6.15. The molecule has 40 heavy (non-hydrogen) atoms. The first-order valence-corrected chi connectivity index (χ1v) is 14.9. The second-order valence-corrected chi connectivity index (χ2v) is 10.7. The number of rotatable bonds is 16. The summed E-state index contributed by atoms with van der Waals surface area (Å²) in [7, 11) is 0. The van der Waals surface area contributed by atoms with E-state index in [1.54, 1.807) is 6.07 Å². The monoisotopic (exact) mass is 546 g/mol. The summed E-state index contributed by atoms with van der Waals surface area (Å²) in [5, 5.41) is 0. The molecule has 4 aromatic rings. The fourth-order valence-corrected chi connectivity index (χ4v) is 5.33. The summed E-state index contributed by atoms with van der Waals surface area (Å²) in [6, 6.07) is 11.4. The first-order valence-electron chi connectivity index (χ1n) is 14.9. The van der Waals surface area contributed by atoms with E-state index in [2.05, 4.69) is 25.7 Å². The summed E-state index contributed by atoms with van der Waals surface area (Å²) >= 11 is 0. The smallest absolute Gasteiger partial charge is 0.414 e. The molecule has 1 aromatic carbocycles. The molecule has 0 unspecified atom stereocenters. The summed E-state index contributed by atoms with van der Waals surface area (Å²) in [6.07, 6.45) is 11.9. The van der Waals surface area contributed by atoms with Gasteiger partial charge in [0.25, 0.3) is 0 Å². The van der Waals surface area contributed by atoms with Crippen LogP contribution in [0.1, 0.15) is 99.3 Å². The van der Waals surface area contributed by atoms with Gasteiger partial charge in [-0.25, -0.2) is 9.59 Å². The zero-order chi connectivity index (χ0) is 28.5. The van der Waals surface area contributed by atoms with Crippen molar-refractivity contribution in [2.75, 3.05) is 19.6 Å². The minimum absolute atomic E-state index is 0.0481. The molecule has 0 aliphatic carbocycles. The fraction of sp³-hybridized carbons (Fsp3) is 0.485. The highest BCUT2D eigenvalue weighted by Crippen LogP contribution is 2.28. The zero-order valence-electron chi connectivity index (χ0n) is 24.2. The van der Waals surface area contributed by atoms with Crippen molar-refractivity contribution in [3.05, 3.63) is 85.8 Å². The maximum Gasteiger partial charge on any atom is 0.423 e. The Balaban J connectivity index is 1.63. The lowest BCUT2D eigenvalue weighted by Crippen LogP contribution is -2.27. The van der Waals surface area contributed by atoms with E-state index >= 15 is 0 Å². The number of pyridine rings is 1. The molecular formula is C33H42N2O5. The molecule has 3 heterocycles. The highest BCUT2D eigenvalue weighted by atomic mass is 16.5. The Labute approximate surface area is 235 Å². The molecule has 0 aliphatic rings. The van der Waals surface area contributed by atoms with Crippen LogP contribution < -0.4 is 11.3 Å². The van der Waals surface area contributed by atoms with Crippen LogP contribution in [0.25, 0.3) is 16.7 Å². The van der Waals surface area contributed by atoms with E-state index in [-0.39, 0.29) is 22.5 Å². The van der Waals surface area contributed by atoms with Gasteiger partial charge in [0.05, 0.1) is 11.3 Å². The van der Waals surface area contributed by atoms with Gasteiger partial charge in [-0.3, -0.25) is 4.79 Å². The summed E-state index contributed by atoms with van der Waals surface area (Å²) in [5.41, 5.74) is 1.51. The second-order valence-electron chi connectivity index (χ2n) is 10.7. The van der Waals surface area contributed by atoms with Gasteiger partial charge in [-0.1, -0.05) is 52.2 Å². The molecule has 0 bridgehead atoms. The number of hydrogen-bond acceptors (Lipinski definition) is 6. The number of carbonyl (C=O) groups is 1. The van der Waals surface area contributed by atoms with Crippen molar-refractivity contribution in [2.45, 2.75) is 85.0 Å². The topological polar surface area (TPSA) is 85.1 Å². The highest BCUT2D eigenvalue weighted by Gasteiger charge is 2.24. The van der Waals surface area contributed by atoms with Gasteiger partial charge in [0.2, 0.25) is 5.78 Å². The molecule has 214 valence electrons. The number of unbranched alkanes of at least 4 members (excludes halogenated alkanes) is 4. The number of ketones is 1. The standard InChI is InChI=1S/C33H42N2O5/c1-4-7-14-25-23-26-16-11-13-22-35(26)28(25)29(36)27-18-17-24(30-31(27)40-33(38)32(37)39-30)15-10-12-21-34(19-8-5-2)20-9-6-3/h11,13,16-18,22-23H,4-10,12,14-15,19-21H2,1-3H3. The lowest BCUT2D eigenvalue weighted by molar-refractivity contribution is 0.103. The summed E-state index contributed by atoms with van der Waals surface area (Å²) in [4.78, 5) is 41.0. The van der Waals surface area contributed by atoms with Crippen molar-refractivity contribution in [1.82, 2.24) is 9.30 Å². The van der Waals surface area contributed by atoms with E-state index in [0.29, 0.717) is 12.1 Å². The lowest BCUT2D eigenvalue weighted by Gasteiger charge is -2.21. The van der Waals surface area contributed by atoms with Crippen LogP contribution in [0.15, 0.2) is 61.0 Å². The number of carbonyl (C=O) groups excluding carboxylic acids is 1. The molecule has 0 radical (unpaired) electrons. The third kappa shape index (κ3) is 6.81. The second kappa shape index (κ2) is 14.3. The molecule has 4 rings (SSSR count). The van der Waals surface area contributed by atoms with Gasteiger partial charge < -0.3 is 18.1 Å². The van der Waals surface area contributed by atoms with Gasteiger partial charge in [-0.05, 0) is 100.0 Å². The molecule has 0 fully saturated rings. The predicted molar refractivity (Wildman–Crippen MR) is 160 cm³/mol. The summed E-state index contributed by atoms with van der Waals surface area (Å²) in [6.45, 7) is 9.81. The quantitative estimate of drug-likeness (QED) is 0.0873. The van der Waals surface area contributed by atoms with Gasteiger partial charge in [-0.15, -0.1) is 0 Å². The van der Waals surface area contributed by atoms with Crippen molar-refractivity contribution >= 4 is 22.5 Å². The van der Waals surface area contributed by atoms with Crippen LogP contribution >= 0.6 is 0 Å². The van der Waals surface area contributed by atoms with E-state index in [9.17, 15) is 14.4 Å². The average molecular weight is 547 g/mol. The number of hydrogen-bond donors (Lipinski definition) is 0. The first-order chi connectivity index (χ1) is 19.5. The summed E-state index contributed by atoms with van der Waals surface area (Å²) in [5.74, 6) is -0.256. The molecule has 0 saturated heterocycles. The van der Waals surface area contributed by atoms with Crippen LogP contribution in [0.4, 0.5) is 0 Å². The normalized spacial score (nSPS) is 11.7. The van der Waals surface area contributed by atoms with Crippen molar-refractivity contribution in [1.29, 1.82) is 0 Å². The van der Waals surface area contributed by atoms with Gasteiger partial charge in [0, 0.05) is 11.7 Å². The van der Waals surface area contributed by atoms with E-state index in [0.717, 1.165) is 68.4 Å². The molecule has 0 atom stereocenters. The van der Waals surface area contributed by atoms with E-state index in [1.807, 2.05) is 40.9 Å². The van der Waals surface area contributed by atoms with Crippen molar-refractivity contribution < 1.29 is 13.6 Å². The van der Waals surface area contributed by atoms with E-state index < -0.39 is 11.3 Å². The Hall–Kier alpha value is -3.45. The molecular weight excluding hydrogens is 504 g/mol. The van der Waals surface area contributed by atoms with Gasteiger partial charge in [0.1, 0.15) is 0 Å². The average Bonchev–Trinajstić information content (AvgIpc) is 3.33. The van der Waals surface area contributed by atoms with Crippen LogP contribution in [0, 0.1) is 0 Å². The number of aromatic nitrogens is 1. The Morgan fingerprint density at radius 1 is 0.750 bits per heavy atom. The number of fused-ring (bicyclic) bond motifs is 2. The largest absolute Gasteiger partial charge is 0.423 e. The molecule has 7 heteroatoms. The first kappa shape index (κ1) is 29.5. The maximum absolute atomic E-state index is 14.0. The van der Waals surface area contributed by atoms with E-state index in [4.69, 9.17) is 8.83 Å². The van der Waals surface area contributed by atoms with Crippen LogP contribution in [0.2, 0.25) is 0 Å². The van der Waals surface area contributed by atoms with Gasteiger partial charge >= 0.3 is 11.3 Å². The Morgan fingerprint density at radius 3 is 2.10 bits per heavy atom. The summed E-state index contributed by atoms with van der Waals surface area (Å²) < 4.78 is 12.8. The van der Waals surface area contributed by atoms with Gasteiger partial charge in [0.15, 0.2) is 11.2 Å². The minimum Gasteiger partial charge on any atom is -0.414 e. The van der Waals surface area contributed by atoms with Crippen LogP contribution in [0.5, 0.6) is 0 Å². The minimum atomic E-state index is -1.10.